The lowest BCUT2D eigenvalue weighted by molar-refractivity contribution is 0.0497. The first-order valence-electron chi connectivity index (χ1n) is 9.58. The summed E-state index contributed by atoms with van der Waals surface area (Å²) in [5.41, 5.74) is 4.08. The van der Waals surface area contributed by atoms with Gasteiger partial charge in [-0.3, -0.25) is 4.98 Å². The number of anilines is 1. The van der Waals surface area contributed by atoms with Crippen molar-refractivity contribution < 1.29 is 9.53 Å². The Bertz CT molecular complexity index is 776. The number of nitrogens with zero attached hydrogens (tertiary/aromatic N) is 2. The van der Waals surface area contributed by atoms with E-state index >= 15 is 0 Å². The second-order valence-corrected chi connectivity index (χ2v) is 8.12. The van der Waals surface area contributed by atoms with Gasteiger partial charge < -0.3 is 15.0 Å². The smallest absolute Gasteiger partial charge is 0.407 e. The molecule has 1 amide bonds. The highest BCUT2D eigenvalue weighted by atomic mass is 16.6. The SMILES string of the molecule is Cc1cc(N2CCC(NC(=O)OC(C)(C)C)CC2)c(-c2ccccc2)cn1. The van der Waals surface area contributed by atoms with Gasteiger partial charge in [-0.2, -0.15) is 0 Å². The van der Waals surface area contributed by atoms with Crippen molar-refractivity contribution in [1.82, 2.24) is 10.3 Å². The molecule has 0 bridgehead atoms. The van der Waals surface area contributed by atoms with Crippen molar-refractivity contribution in [3.05, 3.63) is 48.3 Å². The maximum absolute atomic E-state index is 12.0. The maximum atomic E-state index is 12.0. The number of nitrogens with one attached hydrogen (secondary N) is 1. The van der Waals surface area contributed by atoms with Gasteiger partial charge in [0.1, 0.15) is 5.60 Å². The predicted molar refractivity (Wildman–Crippen MR) is 109 cm³/mol. The van der Waals surface area contributed by atoms with E-state index in [1.165, 1.54) is 11.3 Å². The summed E-state index contributed by atoms with van der Waals surface area (Å²) in [7, 11) is 0. The molecule has 1 fully saturated rings. The van der Waals surface area contributed by atoms with E-state index in [-0.39, 0.29) is 12.1 Å². The number of hydrogen-bond donors (Lipinski definition) is 1. The van der Waals surface area contributed by atoms with Gasteiger partial charge in [0.05, 0.1) is 0 Å². The molecule has 2 heterocycles. The Hall–Kier alpha value is -2.56. The van der Waals surface area contributed by atoms with E-state index in [4.69, 9.17) is 4.74 Å². The van der Waals surface area contributed by atoms with Gasteiger partial charge in [0, 0.05) is 42.3 Å². The molecule has 0 saturated carbocycles. The summed E-state index contributed by atoms with van der Waals surface area (Å²) >= 11 is 0. The summed E-state index contributed by atoms with van der Waals surface area (Å²) < 4.78 is 5.37. The molecule has 1 N–H and O–H groups in total. The number of aryl methyl sites for hydroxylation is 1. The summed E-state index contributed by atoms with van der Waals surface area (Å²) in [5.74, 6) is 0. The van der Waals surface area contributed by atoms with Gasteiger partial charge in [0.25, 0.3) is 0 Å². The van der Waals surface area contributed by atoms with Gasteiger partial charge in [-0.25, -0.2) is 4.79 Å². The molecule has 2 aromatic rings. The fourth-order valence-electron chi connectivity index (χ4n) is 3.39. The number of hydrogen-bond acceptors (Lipinski definition) is 4. The highest BCUT2D eigenvalue weighted by Crippen LogP contribution is 2.32. The fourth-order valence-corrected chi connectivity index (χ4v) is 3.39. The average Bonchev–Trinajstić information content (AvgIpc) is 2.61. The maximum Gasteiger partial charge on any atom is 0.407 e. The molecule has 1 aliphatic rings. The molecule has 1 aromatic heterocycles. The van der Waals surface area contributed by atoms with E-state index < -0.39 is 5.60 Å². The Labute approximate surface area is 161 Å². The van der Waals surface area contributed by atoms with E-state index in [0.717, 1.165) is 37.2 Å². The molecule has 1 aromatic carbocycles. The fraction of sp³-hybridized carbons (Fsp3) is 0.455. The molecule has 1 aliphatic heterocycles. The Morgan fingerprint density at radius 1 is 1.19 bits per heavy atom. The van der Waals surface area contributed by atoms with Crippen LogP contribution in [0.1, 0.15) is 39.3 Å². The lowest BCUT2D eigenvalue weighted by atomic mass is 10.0. The lowest BCUT2D eigenvalue weighted by Crippen LogP contribution is -2.46. The van der Waals surface area contributed by atoms with Crippen LogP contribution in [0.5, 0.6) is 0 Å². The van der Waals surface area contributed by atoms with Crippen LogP contribution in [0.4, 0.5) is 10.5 Å². The van der Waals surface area contributed by atoms with Crippen LogP contribution in [0, 0.1) is 6.92 Å². The Morgan fingerprint density at radius 3 is 2.48 bits per heavy atom. The van der Waals surface area contributed by atoms with Gasteiger partial charge in [-0.05, 0) is 52.2 Å². The second-order valence-electron chi connectivity index (χ2n) is 8.12. The van der Waals surface area contributed by atoms with E-state index in [1.54, 1.807) is 0 Å². The van der Waals surface area contributed by atoms with Crippen LogP contribution in [0.3, 0.4) is 0 Å². The van der Waals surface area contributed by atoms with Crippen molar-refractivity contribution in [2.24, 2.45) is 0 Å². The minimum atomic E-state index is -0.468. The number of amides is 1. The third kappa shape index (κ3) is 5.22. The number of carbonyl (C=O) groups excluding carboxylic acids is 1. The first kappa shape index (κ1) is 19.2. The number of benzene rings is 1. The van der Waals surface area contributed by atoms with Crippen molar-refractivity contribution in [1.29, 1.82) is 0 Å². The molecule has 27 heavy (non-hydrogen) atoms. The molecule has 5 nitrogen and oxygen atoms in total. The van der Waals surface area contributed by atoms with Crippen molar-refractivity contribution >= 4 is 11.8 Å². The van der Waals surface area contributed by atoms with Crippen LogP contribution in [0.15, 0.2) is 42.6 Å². The molecule has 0 atom stereocenters. The molecule has 0 aliphatic carbocycles. The number of pyridine rings is 1. The van der Waals surface area contributed by atoms with Crippen molar-refractivity contribution in [3.8, 4) is 11.1 Å². The second kappa shape index (κ2) is 7.99. The zero-order chi connectivity index (χ0) is 19.4. The Balaban J connectivity index is 1.68. The minimum absolute atomic E-state index is 0.152. The zero-order valence-corrected chi connectivity index (χ0v) is 16.7. The molecular weight excluding hydrogens is 338 g/mol. The molecule has 1 saturated heterocycles. The van der Waals surface area contributed by atoms with Crippen molar-refractivity contribution in [2.45, 2.75) is 52.2 Å². The molecule has 0 spiro atoms. The topological polar surface area (TPSA) is 54.5 Å². The van der Waals surface area contributed by atoms with Crippen LogP contribution < -0.4 is 10.2 Å². The molecule has 144 valence electrons. The summed E-state index contributed by atoms with van der Waals surface area (Å²) in [6, 6.07) is 12.7. The summed E-state index contributed by atoms with van der Waals surface area (Å²) in [6.45, 7) is 9.45. The zero-order valence-electron chi connectivity index (χ0n) is 16.7. The Kier molecular flexibility index (Phi) is 5.68. The lowest BCUT2D eigenvalue weighted by Gasteiger charge is -2.35. The third-order valence-electron chi connectivity index (χ3n) is 4.66. The van der Waals surface area contributed by atoms with E-state index in [1.807, 2.05) is 40.0 Å². The molecule has 0 unspecified atom stereocenters. The van der Waals surface area contributed by atoms with Crippen LogP contribution in [-0.4, -0.2) is 35.8 Å². The first-order valence-corrected chi connectivity index (χ1v) is 9.58. The standard InChI is InChI=1S/C22H29N3O2/c1-16-14-20(19(15-23-16)17-8-6-5-7-9-17)25-12-10-18(11-13-25)24-21(26)27-22(2,3)4/h5-9,14-15,18H,10-13H2,1-4H3,(H,24,26). The largest absolute Gasteiger partial charge is 0.444 e. The van der Waals surface area contributed by atoms with E-state index in [2.05, 4.69) is 45.5 Å². The predicted octanol–water partition coefficient (Wildman–Crippen LogP) is 4.55. The minimum Gasteiger partial charge on any atom is -0.444 e. The van der Waals surface area contributed by atoms with Gasteiger partial charge in [0.2, 0.25) is 0 Å². The number of aromatic nitrogens is 1. The monoisotopic (exact) mass is 367 g/mol. The average molecular weight is 367 g/mol. The third-order valence-corrected chi connectivity index (χ3v) is 4.66. The Morgan fingerprint density at radius 2 is 1.85 bits per heavy atom. The highest BCUT2D eigenvalue weighted by Gasteiger charge is 2.25. The molecule has 5 heteroatoms. The number of alkyl carbamates (subject to hydrolysis) is 1. The molecule has 3 rings (SSSR count). The van der Waals surface area contributed by atoms with Gasteiger partial charge in [-0.15, -0.1) is 0 Å². The first-order chi connectivity index (χ1) is 12.8. The van der Waals surface area contributed by atoms with Crippen LogP contribution in [0.25, 0.3) is 11.1 Å². The highest BCUT2D eigenvalue weighted by molar-refractivity contribution is 5.78. The molecular formula is C22H29N3O2. The van der Waals surface area contributed by atoms with Crippen LogP contribution in [0.2, 0.25) is 0 Å². The van der Waals surface area contributed by atoms with Crippen LogP contribution >= 0.6 is 0 Å². The summed E-state index contributed by atoms with van der Waals surface area (Å²) in [5, 5.41) is 3.00. The van der Waals surface area contributed by atoms with Crippen LogP contribution in [-0.2, 0) is 4.74 Å². The quantitative estimate of drug-likeness (QED) is 0.865. The normalized spacial score (nSPS) is 15.5. The van der Waals surface area contributed by atoms with Crippen molar-refractivity contribution in [3.63, 3.8) is 0 Å². The van der Waals surface area contributed by atoms with Gasteiger partial charge in [-0.1, -0.05) is 30.3 Å². The van der Waals surface area contributed by atoms with E-state index in [9.17, 15) is 4.79 Å². The van der Waals surface area contributed by atoms with Gasteiger partial charge in [0.15, 0.2) is 0 Å². The van der Waals surface area contributed by atoms with Crippen molar-refractivity contribution in [2.75, 3.05) is 18.0 Å². The summed E-state index contributed by atoms with van der Waals surface area (Å²) in [6.07, 6.45) is 3.43. The number of piperidine rings is 1. The van der Waals surface area contributed by atoms with Gasteiger partial charge >= 0.3 is 6.09 Å². The molecule has 0 radical (unpaired) electrons. The van der Waals surface area contributed by atoms with E-state index in [0.29, 0.717) is 0 Å². The number of carbonyl (C=O) groups is 1. The summed E-state index contributed by atoms with van der Waals surface area (Å²) in [4.78, 5) is 18.9. The number of ether oxygens (including phenoxy) is 1. The number of rotatable bonds is 3.